The van der Waals surface area contributed by atoms with Crippen LogP contribution in [0.2, 0.25) is 0 Å². The maximum atomic E-state index is 10.6. The number of ether oxygens (including phenoxy) is 1. The van der Waals surface area contributed by atoms with E-state index in [0.717, 1.165) is 0 Å². The van der Waals surface area contributed by atoms with Crippen LogP contribution in [0.3, 0.4) is 0 Å². The zero-order valence-corrected chi connectivity index (χ0v) is 11.0. The van der Waals surface area contributed by atoms with Gasteiger partial charge in [-0.15, -0.1) is 0 Å². The van der Waals surface area contributed by atoms with Crippen LogP contribution in [0, 0.1) is 10.1 Å². The Morgan fingerprint density at radius 2 is 2.44 bits per heavy atom. The van der Waals surface area contributed by atoms with E-state index in [9.17, 15) is 10.1 Å². The molecule has 0 bridgehead atoms. The minimum atomic E-state index is -0.556. The molecule has 0 aliphatic carbocycles. The second-order valence-electron chi connectivity index (χ2n) is 3.47. The quantitative estimate of drug-likeness (QED) is 0.615. The average molecular weight is 317 g/mol. The Bertz CT molecular complexity index is 565. The molecule has 18 heavy (non-hydrogen) atoms. The van der Waals surface area contributed by atoms with Crippen LogP contribution in [0.15, 0.2) is 21.3 Å². The predicted molar refractivity (Wildman–Crippen MR) is 62.9 cm³/mol. The Hall–Kier alpha value is -1.74. The van der Waals surface area contributed by atoms with Crippen molar-refractivity contribution in [2.75, 3.05) is 7.11 Å². The summed E-state index contributed by atoms with van der Waals surface area (Å²) in [6, 6.07) is 1.71. The van der Waals surface area contributed by atoms with Gasteiger partial charge in [-0.3, -0.25) is 0 Å². The van der Waals surface area contributed by atoms with Crippen molar-refractivity contribution in [3.8, 4) is 0 Å². The minimum Gasteiger partial charge on any atom is -0.377 e. The van der Waals surface area contributed by atoms with Crippen LogP contribution in [0.25, 0.3) is 0 Å². The molecule has 0 radical (unpaired) electrons. The van der Waals surface area contributed by atoms with E-state index in [0.29, 0.717) is 29.1 Å². The van der Waals surface area contributed by atoms with Crippen molar-refractivity contribution in [2.45, 2.75) is 13.2 Å². The molecule has 0 spiro atoms. The molecule has 0 N–H and O–H groups in total. The van der Waals surface area contributed by atoms with Crippen molar-refractivity contribution in [3.63, 3.8) is 0 Å². The van der Waals surface area contributed by atoms with E-state index in [2.05, 4.69) is 26.2 Å². The Kier molecular flexibility index (Phi) is 3.72. The molecule has 0 fully saturated rings. The monoisotopic (exact) mass is 316 g/mol. The highest BCUT2D eigenvalue weighted by molar-refractivity contribution is 9.10. The van der Waals surface area contributed by atoms with Gasteiger partial charge in [0.25, 0.3) is 0 Å². The Labute approximate surface area is 110 Å². The fourth-order valence-corrected chi connectivity index (χ4v) is 1.86. The molecule has 0 saturated heterocycles. The normalized spacial score (nSPS) is 10.8. The zero-order valence-electron chi connectivity index (χ0n) is 9.37. The fraction of sp³-hybridized carbons (Fsp3) is 0.333. The average Bonchev–Trinajstić information content (AvgIpc) is 2.87. The highest BCUT2D eigenvalue weighted by Gasteiger charge is 2.19. The Morgan fingerprint density at radius 3 is 3.06 bits per heavy atom. The fourth-order valence-electron chi connectivity index (χ4n) is 1.40. The summed E-state index contributed by atoms with van der Waals surface area (Å²) >= 11 is 3.07. The second kappa shape index (κ2) is 5.27. The molecule has 9 heteroatoms. The van der Waals surface area contributed by atoms with E-state index in [1.807, 2.05) is 0 Å². The summed E-state index contributed by atoms with van der Waals surface area (Å²) in [6.45, 7) is 0.621. The summed E-state index contributed by atoms with van der Waals surface area (Å²) in [5, 5.41) is 18.3. The third-order valence-electron chi connectivity index (χ3n) is 2.09. The maximum absolute atomic E-state index is 10.6. The van der Waals surface area contributed by atoms with Crippen LogP contribution in [0.1, 0.15) is 11.5 Å². The van der Waals surface area contributed by atoms with E-state index < -0.39 is 4.92 Å². The third kappa shape index (κ3) is 2.74. The lowest BCUT2D eigenvalue weighted by molar-refractivity contribution is -0.390. The Morgan fingerprint density at radius 1 is 1.67 bits per heavy atom. The summed E-state index contributed by atoms with van der Waals surface area (Å²) in [7, 11) is 1.55. The number of nitro groups is 1. The number of aromatic nitrogens is 3. The lowest BCUT2D eigenvalue weighted by Gasteiger charge is -1.90. The first-order valence-corrected chi connectivity index (χ1v) is 5.70. The molecule has 8 nitrogen and oxygen atoms in total. The largest absolute Gasteiger partial charge is 0.404 e. The zero-order chi connectivity index (χ0) is 13.1. The van der Waals surface area contributed by atoms with Gasteiger partial charge in [0.2, 0.25) is 0 Å². The number of methoxy groups -OCH3 is 1. The molecule has 2 aromatic rings. The summed E-state index contributed by atoms with van der Waals surface area (Å²) in [5.74, 6) is 0.365. The van der Waals surface area contributed by atoms with Gasteiger partial charge in [-0.1, -0.05) is 5.16 Å². The van der Waals surface area contributed by atoms with Gasteiger partial charge in [0.1, 0.15) is 23.3 Å². The predicted octanol–water partition coefficient (Wildman–Crippen LogP) is 1.74. The molecule has 0 aromatic carbocycles. The van der Waals surface area contributed by atoms with Gasteiger partial charge >= 0.3 is 5.82 Å². The van der Waals surface area contributed by atoms with Crippen LogP contribution in [-0.2, 0) is 17.9 Å². The van der Waals surface area contributed by atoms with Crippen molar-refractivity contribution in [1.82, 2.24) is 14.9 Å². The topological polar surface area (TPSA) is 96.2 Å². The standard InChI is InChI=1S/C9H9BrN4O4/c1-17-5-7-2-6(12-18-7)3-13-4-8(10)9(11-13)14(15)16/h2,4H,3,5H2,1H3. The van der Waals surface area contributed by atoms with Crippen LogP contribution in [0.4, 0.5) is 5.82 Å². The van der Waals surface area contributed by atoms with E-state index in [-0.39, 0.29) is 5.82 Å². The van der Waals surface area contributed by atoms with E-state index >= 15 is 0 Å². The maximum Gasteiger partial charge on any atom is 0.404 e. The lowest BCUT2D eigenvalue weighted by atomic mass is 10.4. The number of nitrogens with zero attached hydrogens (tertiary/aromatic N) is 4. The molecule has 96 valence electrons. The molecule has 2 rings (SSSR count). The summed E-state index contributed by atoms with van der Waals surface area (Å²) in [5.41, 5.74) is 0.618. The first kappa shape index (κ1) is 12.7. The van der Waals surface area contributed by atoms with Crippen molar-refractivity contribution >= 4 is 21.7 Å². The number of hydrogen-bond acceptors (Lipinski definition) is 6. The highest BCUT2D eigenvalue weighted by atomic mass is 79.9. The molecule has 0 saturated carbocycles. The van der Waals surface area contributed by atoms with Crippen molar-refractivity contribution in [3.05, 3.63) is 38.3 Å². The number of halogens is 1. The molecule has 0 aliphatic rings. The summed E-state index contributed by atoms with van der Waals surface area (Å²) < 4.78 is 11.6. The van der Waals surface area contributed by atoms with Gasteiger partial charge < -0.3 is 19.4 Å². The van der Waals surface area contributed by atoms with Gasteiger partial charge in [0.05, 0.1) is 11.3 Å². The summed E-state index contributed by atoms with van der Waals surface area (Å²) in [4.78, 5) is 10.1. The minimum absolute atomic E-state index is 0.226. The highest BCUT2D eigenvalue weighted by Crippen LogP contribution is 2.22. The second-order valence-corrected chi connectivity index (χ2v) is 4.33. The number of rotatable bonds is 5. The van der Waals surface area contributed by atoms with Gasteiger partial charge in [-0.05, 0) is 20.9 Å². The molecule has 2 aromatic heterocycles. The third-order valence-corrected chi connectivity index (χ3v) is 2.65. The molecule has 0 amide bonds. The van der Waals surface area contributed by atoms with Gasteiger partial charge in [0.15, 0.2) is 5.76 Å². The van der Waals surface area contributed by atoms with Gasteiger partial charge in [-0.25, -0.2) is 0 Å². The molecular formula is C9H9BrN4O4. The van der Waals surface area contributed by atoms with Crippen molar-refractivity contribution in [1.29, 1.82) is 0 Å². The van der Waals surface area contributed by atoms with E-state index in [1.54, 1.807) is 13.2 Å². The lowest BCUT2D eigenvalue weighted by Crippen LogP contribution is -2.01. The van der Waals surface area contributed by atoms with Gasteiger partial charge in [-0.2, -0.15) is 4.68 Å². The molecule has 0 unspecified atom stereocenters. The van der Waals surface area contributed by atoms with Gasteiger partial charge in [0, 0.05) is 13.2 Å². The van der Waals surface area contributed by atoms with Crippen molar-refractivity contribution < 1.29 is 14.2 Å². The summed E-state index contributed by atoms with van der Waals surface area (Å²) in [6.07, 6.45) is 1.52. The SMILES string of the molecule is COCc1cc(Cn2cc(Br)c([N+](=O)[O-])n2)no1. The van der Waals surface area contributed by atoms with E-state index in [1.165, 1.54) is 10.9 Å². The van der Waals surface area contributed by atoms with Crippen LogP contribution in [0.5, 0.6) is 0 Å². The molecule has 0 aliphatic heterocycles. The first-order chi connectivity index (χ1) is 8.60. The smallest absolute Gasteiger partial charge is 0.377 e. The first-order valence-electron chi connectivity index (χ1n) is 4.91. The Balaban J connectivity index is 2.13. The molecular weight excluding hydrogens is 308 g/mol. The molecule has 2 heterocycles. The molecule has 0 atom stereocenters. The van der Waals surface area contributed by atoms with Crippen LogP contribution in [-0.4, -0.2) is 27.0 Å². The van der Waals surface area contributed by atoms with E-state index in [4.69, 9.17) is 9.26 Å². The number of hydrogen-bond donors (Lipinski definition) is 0. The van der Waals surface area contributed by atoms with Crippen LogP contribution >= 0.6 is 15.9 Å². The van der Waals surface area contributed by atoms with Crippen LogP contribution < -0.4 is 0 Å². The van der Waals surface area contributed by atoms with Crippen molar-refractivity contribution in [2.24, 2.45) is 0 Å².